The molecule has 56 heavy (non-hydrogen) atoms. The molecule has 12 aromatic rings. The topological polar surface area (TPSA) is 26.3 Å². The van der Waals surface area contributed by atoms with Gasteiger partial charge in [0.25, 0.3) is 0 Å². The van der Waals surface area contributed by atoms with E-state index in [1.165, 1.54) is 49.2 Å². The minimum atomic E-state index is 0.892. The predicted octanol–water partition coefficient (Wildman–Crippen LogP) is 15.6. The molecule has 2 heteroatoms. The minimum absolute atomic E-state index is 0.892. The molecule has 0 fully saturated rings. The highest BCUT2D eigenvalue weighted by atomic mass is 16.3. The zero-order valence-electron chi connectivity index (χ0n) is 30.3. The van der Waals surface area contributed by atoms with Gasteiger partial charge < -0.3 is 8.83 Å². The Morgan fingerprint density at radius 2 is 0.714 bits per heavy atom. The quantitative estimate of drug-likeness (QED) is 0.170. The molecule has 0 saturated heterocycles. The fourth-order valence-corrected chi connectivity index (χ4v) is 9.16. The summed E-state index contributed by atoms with van der Waals surface area (Å²) in [5, 5.41) is 11.7. The molecule has 10 aromatic carbocycles. The van der Waals surface area contributed by atoms with Gasteiger partial charge in [0.2, 0.25) is 0 Å². The third kappa shape index (κ3) is 4.57. The normalized spacial score (nSPS) is 11.9. The lowest BCUT2D eigenvalue weighted by Crippen LogP contribution is -1.92. The molecule has 0 aliphatic heterocycles. The van der Waals surface area contributed by atoms with Crippen molar-refractivity contribution < 1.29 is 8.83 Å². The Labute approximate surface area is 322 Å². The molecule has 0 radical (unpaired) electrons. The van der Waals surface area contributed by atoms with E-state index in [4.69, 9.17) is 8.83 Å². The number of fused-ring (bicyclic) bond motifs is 9. The molecule has 0 spiro atoms. The highest BCUT2D eigenvalue weighted by Gasteiger charge is 2.22. The van der Waals surface area contributed by atoms with Crippen LogP contribution in [0.3, 0.4) is 0 Å². The Balaban J connectivity index is 1.16. The maximum Gasteiger partial charge on any atom is 0.143 e. The second-order valence-electron chi connectivity index (χ2n) is 14.7. The minimum Gasteiger partial charge on any atom is -0.455 e. The van der Waals surface area contributed by atoms with E-state index in [1.807, 2.05) is 12.1 Å². The van der Waals surface area contributed by atoms with E-state index >= 15 is 0 Å². The number of rotatable bonds is 4. The van der Waals surface area contributed by atoms with E-state index in [9.17, 15) is 0 Å². The number of furan rings is 2. The largest absolute Gasteiger partial charge is 0.455 e. The van der Waals surface area contributed by atoms with E-state index < -0.39 is 0 Å². The summed E-state index contributed by atoms with van der Waals surface area (Å²) in [6.07, 6.45) is 0. The van der Waals surface area contributed by atoms with Gasteiger partial charge in [0.1, 0.15) is 22.3 Å². The number of hydrogen-bond acceptors (Lipinski definition) is 2. The first-order valence-electron chi connectivity index (χ1n) is 19.2. The van der Waals surface area contributed by atoms with Gasteiger partial charge in [-0.15, -0.1) is 0 Å². The van der Waals surface area contributed by atoms with Crippen molar-refractivity contribution in [2.75, 3.05) is 0 Å². The van der Waals surface area contributed by atoms with Crippen LogP contribution in [0.1, 0.15) is 0 Å². The van der Waals surface area contributed by atoms with E-state index in [2.05, 4.69) is 182 Å². The number of para-hydroxylation sites is 4. The van der Waals surface area contributed by atoms with Gasteiger partial charge in [-0.05, 0) is 78.3 Å². The zero-order chi connectivity index (χ0) is 36.7. The Hall–Kier alpha value is -7.42. The van der Waals surface area contributed by atoms with E-state index in [1.54, 1.807) is 0 Å². The molecule has 2 heterocycles. The van der Waals surface area contributed by atoms with Crippen LogP contribution in [-0.2, 0) is 0 Å². The molecule has 260 valence electrons. The van der Waals surface area contributed by atoms with Crippen molar-refractivity contribution in [1.82, 2.24) is 0 Å². The Bertz CT molecular complexity index is 3520. The molecule has 0 saturated carbocycles. The predicted molar refractivity (Wildman–Crippen MR) is 235 cm³/mol. The van der Waals surface area contributed by atoms with Crippen molar-refractivity contribution in [1.29, 1.82) is 0 Å². The molecule has 12 rings (SSSR count). The summed E-state index contributed by atoms with van der Waals surface area (Å²) in [6.45, 7) is 0. The van der Waals surface area contributed by atoms with Gasteiger partial charge >= 0.3 is 0 Å². The Morgan fingerprint density at radius 3 is 1.43 bits per heavy atom. The molecule has 0 amide bonds. The smallest absolute Gasteiger partial charge is 0.143 e. The van der Waals surface area contributed by atoms with Gasteiger partial charge in [-0.2, -0.15) is 0 Å². The summed E-state index contributed by atoms with van der Waals surface area (Å²) in [7, 11) is 0. The zero-order valence-corrected chi connectivity index (χ0v) is 30.3. The lowest BCUT2D eigenvalue weighted by atomic mass is 9.84. The molecule has 2 aromatic heterocycles. The molecular weight excluding hydrogens is 681 g/mol. The van der Waals surface area contributed by atoms with Crippen LogP contribution in [0.5, 0.6) is 0 Å². The first-order chi connectivity index (χ1) is 27.8. The van der Waals surface area contributed by atoms with Crippen molar-refractivity contribution in [3.8, 4) is 44.5 Å². The SMILES string of the molecule is c1ccc2c(-c3ccc(-c4c5ccccc5c(-c5cccc6c5oc5ccccc56)c5cc(-c6cccc7c6oc6ccccc67)ccc45)cc3)cccc2c1. The van der Waals surface area contributed by atoms with Crippen LogP contribution in [0.2, 0.25) is 0 Å². The molecule has 0 bridgehead atoms. The van der Waals surface area contributed by atoms with Crippen LogP contribution in [0.15, 0.2) is 203 Å². The van der Waals surface area contributed by atoms with Crippen LogP contribution >= 0.6 is 0 Å². The van der Waals surface area contributed by atoms with Crippen LogP contribution in [0, 0.1) is 0 Å². The summed E-state index contributed by atoms with van der Waals surface area (Å²) in [6, 6.07) is 69.8. The lowest BCUT2D eigenvalue weighted by molar-refractivity contribution is 0.669. The highest BCUT2D eigenvalue weighted by molar-refractivity contribution is 6.25. The van der Waals surface area contributed by atoms with Crippen LogP contribution in [0.25, 0.3) is 121 Å². The molecule has 2 nitrogen and oxygen atoms in total. The van der Waals surface area contributed by atoms with Crippen molar-refractivity contribution in [2.24, 2.45) is 0 Å². The molecule has 0 aliphatic rings. The summed E-state index contributed by atoms with van der Waals surface area (Å²) >= 11 is 0. The van der Waals surface area contributed by atoms with Crippen LogP contribution < -0.4 is 0 Å². The van der Waals surface area contributed by atoms with Gasteiger partial charge in [0.15, 0.2) is 0 Å². The summed E-state index contributed by atoms with van der Waals surface area (Å²) in [5.74, 6) is 0. The van der Waals surface area contributed by atoms with Gasteiger partial charge in [-0.25, -0.2) is 0 Å². The molecule has 0 unspecified atom stereocenters. The van der Waals surface area contributed by atoms with Crippen LogP contribution in [-0.4, -0.2) is 0 Å². The first-order valence-corrected chi connectivity index (χ1v) is 19.2. The lowest BCUT2D eigenvalue weighted by Gasteiger charge is -2.19. The fourth-order valence-electron chi connectivity index (χ4n) is 9.16. The van der Waals surface area contributed by atoms with E-state index in [0.29, 0.717) is 0 Å². The third-order valence-electron chi connectivity index (χ3n) is 11.7. The highest BCUT2D eigenvalue weighted by Crippen LogP contribution is 2.48. The molecule has 0 aliphatic carbocycles. The van der Waals surface area contributed by atoms with Gasteiger partial charge in [0, 0.05) is 38.2 Å². The average Bonchev–Trinajstić information content (AvgIpc) is 3.84. The van der Waals surface area contributed by atoms with Crippen molar-refractivity contribution >= 4 is 76.2 Å². The fraction of sp³-hybridized carbons (Fsp3) is 0. The summed E-state index contributed by atoms with van der Waals surface area (Å²) in [5.41, 5.74) is 12.8. The number of benzene rings is 10. The maximum absolute atomic E-state index is 6.73. The van der Waals surface area contributed by atoms with Gasteiger partial charge in [0.05, 0.1) is 0 Å². The van der Waals surface area contributed by atoms with E-state index in [0.717, 1.165) is 71.5 Å². The van der Waals surface area contributed by atoms with Gasteiger partial charge in [-0.1, -0.05) is 176 Å². The Kier molecular flexibility index (Phi) is 6.66. The van der Waals surface area contributed by atoms with Crippen molar-refractivity contribution in [3.05, 3.63) is 194 Å². The molecule has 0 N–H and O–H groups in total. The maximum atomic E-state index is 6.73. The van der Waals surface area contributed by atoms with Crippen molar-refractivity contribution in [2.45, 2.75) is 0 Å². The second-order valence-corrected chi connectivity index (χ2v) is 14.7. The molecule has 0 atom stereocenters. The Morgan fingerprint density at radius 1 is 0.250 bits per heavy atom. The number of hydrogen-bond donors (Lipinski definition) is 0. The second kappa shape index (κ2) is 12.0. The van der Waals surface area contributed by atoms with Crippen LogP contribution in [0.4, 0.5) is 0 Å². The summed E-state index contributed by atoms with van der Waals surface area (Å²) < 4.78 is 13.3. The van der Waals surface area contributed by atoms with Gasteiger partial charge in [-0.3, -0.25) is 0 Å². The third-order valence-corrected chi connectivity index (χ3v) is 11.7. The monoisotopic (exact) mass is 712 g/mol. The summed E-state index contributed by atoms with van der Waals surface area (Å²) in [4.78, 5) is 0. The average molecular weight is 713 g/mol. The standard InChI is InChI=1S/C54H32O2/c1-2-14-37-33(12-1)13-9-19-38(37)34-26-28-35(29-27-34)51-42-17-3-4-18-43(42)52(47-23-11-22-46-41-16-6-8-25-50(41)56-54(46)47)48-32-36(30-31-44(48)51)39-20-10-21-45-40-15-5-7-24-49(40)55-53(39)45/h1-32H. The molecular formula is C54H32O2. The van der Waals surface area contributed by atoms with Crippen molar-refractivity contribution in [3.63, 3.8) is 0 Å². The van der Waals surface area contributed by atoms with E-state index in [-0.39, 0.29) is 0 Å². The first kappa shape index (κ1) is 31.0.